The third-order valence-corrected chi connectivity index (χ3v) is 15.9. The van der Waals surface area contributed by atoms with Gasteiger partial charge >= 0.3 is 0 Å². The maximum absolute atomic E-state index is 8.55. The van der Waals surface area contributed by atoms with E-state index in [1.165, 1.54) is 132 Å². The number of nitrogens with one attached hydrogen (secondary N) is 2. The first-order valence-corrected chi connectivity index (χ1v) is 28.2. The number of nitrogens with two attached hydrogens (primary N) is 3. The summed E-state index contributed by atoms with van der Waals surface area (Å²) in [5.41, 5.74) is 35.1. The summed E-state index contributed by atoms with van der Waals surface area (Å²) in [6.45, 7) is 1.13. The third kappa shape index (κ3) is 10.0. The van der Waals surface area contributed by atoms with Crippen molar-refractivity contribution in [1.29, 1.82) is 10.8 Å². The van der Waals surface area contributed by atoms with E-state index in [2.05, 4.69) is 286 Å². The van der Waals surface area contributed by atoms with E-state index in [9.17, 15) is 0 Å². The molecule has 0 aliphatic carbocycles. The smallest absolute Gasteiger partial charge is 0.188 e. The van der Waals surface area contributed by atoms with Gasteiger partial charge in [-0.3, -0.25) is 10.8 Å². The minimum atomic E-state index is -0.333. The number of hydrogen-bond donors (Lipinski definition) is 5. The summed E-state index contributed by atoms with van der Waals surface area (Å²) in [5.74, 6) is -0.247. The summed E-state index contributed by atoms with van der Waals surface area (Å²) >= 11 is 7.80. The quantitative estimate of drug-likeness (QED) is 0.0618. The number of halogens is 2. The van der Waals surface area contributed by atoms with Gasteiger partial charge in [0, 0.05) is 23.7 Å². The molecule has 78 heavy (non-hydrogen) atoms. The minimum absolute atomic E-state index is 0.0862. The van der Waals surface area contributed by atoms with Crippen LogP contribution in [0.5, 0.6) is 0 Å². The Hall–Kier alpha value is -8.82. The molecule has 6 nitrogen and oxygen atoms in total. The Kier molecular flexibility index (Phi) is 15.0. The lowest BCUT2D eigenvalue weighted by atomic mass is 9.82. The Labute approximate surface area is 472 Å². The average Bonchev–Trinajstić information content (AvgIpc) is 3.85. The zero-order valence-corrected chi connectivity index (χ0v) is 46.0. The van der Waals surface area contributed by atoms with E-state index in [-0.39, 0.29) is 11.9 Å². The molecule has 12 aromatic carbocycles. The van der Waals surface area contributed by atoms with Crippen LogP contribution >= 0.6 is 31.9 Å². The Morgan fingerprint density at radius 3 is 0.872 bits per heavy atom. The standard InChI is InChI=1S/C35H27N3.C34H24Br2.CH5N3/c36-35(37)38-21-31-29(23-11-3-1-4-12-23)19-25-15-7-9-17-27(25)33(31)34-28-18-10-8-16-26(28)20-30(32(34)22-38)24-13-5-2-6-14-24;35-21-31-29(23-11-3-1-4-12-23)19-25-15-7-9-17-27(25)33(31)34-28-18-10-8-16-26(28)20-30(32(34)22-36)24-13-5-2-6-14-24;2-1(3)4/h1-20H,21-22H2,(H3,36,37);1-20H,21-22H2;(H5,2,3,4). The summed E-state index contributed by atoms with van der Waals surface area (Å²) in [7, 11) is 0. The van der Waals surface area contributed by atoms with E-state index in [1.54, 1.807) is 0 Å². The van der Waals surface area contributed by atoms with E-state index in [0.29, 0.717) is 13.1 Å². The third-order valence-electron chi connectivity index (χ3n) is 14.8. The molecule has 0 radical (unpaired) electrons. The Balaban J connectivity index is 0.000000155. The van der Waals surface area contributed by atoms with Gasteiger partial charge in [-0.05, 0) is 156 Å². The lowest BCUT2D eigenvalue weighted by molar-refractivity contribution is 0.405. The van der Waals surface area contributed by atoms with Gasteiger partial charge in [0.15, 0.2) is 11.9 Å². The highest BCUT2D eigenvalue weighted by Crippen LogP contribution is 2.50. The number of guanidine groups is 2. The summed E-state index contributed by atoms with van der Waals surface area (Å²) in [6, 6.07) is 86.9. The highest BCUT2D eigenvalue weighted by molar-refractivity contribution is 9.08. The number of alkyl halides is 2. The van der Waals surface area contributed by atoms with Gasteiger partial charge in [0.25, 0.3) is 0 Å². The van der Waals surface area contributed by atoms with Crippen molar-refractivity contribution in [2.24, 2.45) is 17.2 Å². The molecule has 1 aliphatic rings. The zero-order valence-electron chi connectivity index (χ0n) is 42.9. The molecule has 0 amide bonds. The van der Waals surface area contributed by atoms with Gasteiger partial charge in [0.05, 0.1) is 0 Å². The monoisotopic (exact) mass is 1140 g/mol. The maximum atomic E-state index is 8.55. The van der Waals surface area contributed by atoms with Gasteiger partial charge < -0.3 is 22.1 Å². The SMILES string of the molecule is BrCc1c(-c2ccccc2)cc2ccccc2c1-c1c(CBr)c(-c2ccccc2)cc2ccccc12.N=C(N)N.N=C(N)N1Cc2c(-c3ccccc3)cc3ccccc3c2-c2c(c(-c3ccccc3)cc3ccccc23)C1. The zero-order chi connectivity index (χ0) is 53.7. The molecule has 8 heteroatoms. The van der Waals surface area contributed by atoms with E-state index in [1.807, 2.05) is 4.90 Å². The van der Waals surface area contributed by atoms with Crippen molar-refractivity contribution in [3.63, 3.8) is 0 Å². The van der Waals surface area contributed by atoms with E-state index >= 15 is 0 Å². The van der Waals surface area contributed by atoms with Crippen LogP contribution in [0.4, 0.5) is 0 Å². The second-order valence-electron chi connectivity index (χ2n) is 19.4. The number of hydrogen-bond acceptors (Lipinski definition) is 2. The fourth-order valence-corrected chi connectivity index (χ4v) is 12.6. The van der Waals surface area contributed by atoms with E-state index < -0.39 is 0 Å². The number of nitrogens with zero attached hydrogens (tertiary/aromatic N) is 1. The van der Waals surface area contributed by atoms with E-state index in [4.69, 9.17) is 16.6 Å². The van der Waals surface area contributed by atoms with Crippen LogP contribution in [-0.4, -0.2) is 16.8 Å². The Morgan fingerprint density at radius 2 is 0.590 bits per heavy atom. The van der Waals surface area contributed by atoms with Crippen molar-refractivity contribution < 1.29 is 0 Å². The van der Waals surface area contributed by atoms with Crippen LogP contribution in [0.2, 0.25) is 0 Å². The molecule has 13 rings (SSSR count). The van der Waals surface area contributed by atoms with E-state index in [0.717, 1.165) is 10.7 Å². The average molecular weight is 1140 g/mol. The lowest BCUT2D eigenvalue weighted by Crippen LogP contribution is -2.35. The van der Waals surface area contributed by atoms with Crippen molar-refractivity contribution in [3.05, 3.63) is 265 Å². The van der Waals surface area contributed by atoms with Gasteiger partial charge in [-0.25, -0.2) is 0 Å². The summed E-state index contributed by atoms with van der Waals surface area (Å²) in [5, 5.41) is 26.1. The summed E-state index contributed by atoms with van der Waals surface area (Å²) < 4.78 is 0. The van der Waals surface area contributed by atoms with Crippen LogP contribution in [0.3, 0.4) is 0 Å². The van der Waals surface area contributed by atoms with Gasteiger partial charge in [-0.15, -0.1) is 0 Å². The molecular weight excluding hydrogens is 1080 g/mol. The predicted octanol–water partition coefficient (Wildman–Crippen LogP) is 17.8. The van der Waals surface area contributed by atoms with Gasteiger partial charge in [-0.1, -0.05) is 250 Å². The molecule has 0 bridgehead atoms. The van der Waals surface area contributed by atoms with Crippen LogP contribution in [-0.2, 0) is 23.7 Å². The summed E-state index contributed by atoms with van der Waals surface area (Å²) in [6.07, 6.45) is 0. The fourth-order valence-electron chi connectivity index (χ4n) is 11.4. The van der Waals surface area contributed by atoms with Crippen LogP contribution in [0.15, 0.2) is 243 Å². The van der Waals surface area contributed by atoms with Gasteiger partial charge in [0.2, 0.25) is 0 Å². The van der Waals surface area contributed by atoms with Crippen LogP contribution < -0.4 is 17.2 Å². The number of benzene rings is 12. The number of rotatable bonds is 7. The highest BCUT2D eigenvalue weighted by Gasteiger charge is 2.29. The second kappa shape index (κ2) is 22.8. The Morgan fingerprint density at radius 1 is 0.346 bits per heavy atom. The number of fused-ring (bicyclic) bond motifs is 9. The van der Waals surface area contributed by atoms with Gasteiger partial charge in [0.1, 0.15) is 0 Å². The molecule has 0 aromatic heterocycles. The molecule has 0 fully saturated rings. The van der Waals surface area contributed by atoms with Crippen molar-refractivity contribution in [1.82, 2.24) is 4.90 Å². The van der Waals surface area contributed by atoms with Crippen molar-refractivity contribution >= 4 is 86.9 Å². The second-order valence-corrected chi connectivity index (χ2v) is 20.5. The van der Waals surface area contributed by atoms with Crippen molar-refractivity contribution in [2.75, 3.05) is 0 Å². The molecule has 0 saturated carbocycles. The Bertz CT molecular complexity index is 3920. The first-order chi connectivity index (χ1) is 38.2. The molecule has 8 N–H and O–H groups in total. The largest absolute Gasteiger partial charge is 0.370 e. The molecule has 1 heterocycles. The van der Waals surface area contributed by atoms with Crippen molar-refractivity contribution in [2.45, 2.75) is 23.7 Å². The molecule has 0 spiro atoms. The molecule has 12 aromatic rings. The maximum Gasteiger partial charge on any atom is 0.188 e. The van der Waals surface area contributed by atoms with Crippen LogP contribution in [0.25, 0.3) is 110 Å². The van der Waals surface area contributed by atoms with Crippen molar-refractivity contribution in [3.8, 4) is 66.8 Å². The van der Waals surface area contributed by atoms with Gasteiger partial charge in [-0.2, -0.15) is 0 Å². The fraction of sp³-hybridized carbons (Fsp3) is 0.0571. The highest BCUT2D eigenvalue weighted by atomic mass is 79.9. The lowest BCUT2D eigenvalue weighted by Gasteiger charge is -2.24. The van der Waals surface area contributed by atoms with Crippen LogP contribution in [0, 0.1) is 10.8 Å². The molecular formula is C70H56Br2N6. The molecule has 1 aliphatic heterocycles. The normalized spacial score (nSPS) is 11.7. The molecule has 380 valence electrons. The topological polar surface area (TPSA) is 129 Å². The molecule has 0 unspecified atom stereocenters. The first-order valence-electron chi connectivity index (χ1n) is 25.9. The van der Waals surface area contributed by atoms with Crippen LogP contribution in [0.1, 0.15) is 22.3 Å². The molecule has 0 atom stereocenters. The first kappa shape index (κ1) is 51.3. The minimum Gasteiger partial charge on any atom is -0.370 e. The molecule has 0 saturated heterocycles. The summed E-state index contributed by atoms with van der Waals surface area (Å²) in [4.78, 5) is 2.01. The predicted molar refractivity (Wildman–Crippen MR) is 338 cm³/mol.